The van der Waals surface area contributed by atoms with Crippen LogP contribution in [-0.2, 0) is 25.7 Å². The number of ether oxygens (including phenoxy) is 1. The number of morpholine rings is 1. The first-order chi connectivity index (χ1) is 18.5. The number of pyridine rings is 1. The van der Waals surface area contributed by atoms with Gasteiger partial charge in [0, 0.05) is 37.2 Å². The monoisotopic (exact) mass is 571 g/mol. The zero-order valence-electron chi connectivity index (χ0n) is 21.6. The van der Waals surface area contributed by atoms with E-state index in [9.17, 15) is 17.4 Å². The smallest absolute Gasteiger partial charge is 0.177 e. The van der Waals surface area contributed by atoms with E-state index in [1.165, 1.54) is 6.07 Å². The van der Waals surface area contributed by atoms with Gasteiger partial charge in [-0.15, -0.1) is 0 Å². The normalized spacial score (nSPS) is 15.0. The van der Waals surface area contributed by atoms with Gasteiger partial charge in [-0.25, -0.2) is 22.2 Å². The lowest BCUT2D eigenvalue weighted by molar-refractivity contribution is 0.122. The van der Waals surface area contributed by atoms with Gasteiger partial charge in [0.05, 0.1) is 51.6 Å². The Morgan fingerprint density at radius 1 is 1.08 bits per heavy atom. The third kappa shape index (κ3) is 5.44. The summed E-state index contributed by atoms with van der Waals surface area (Å²) in [4.78, 5) is 7.20. The molecule has 0 saturated carbocycles. The van der Waals surface area contributed by atoms with Crippen LogP contribution in [0.4, 0.5) is 25.8 Å². The molecule has 7 nitrogen and oxygen atoms in total. The first-order valence-electron chi connectivity index (χ1n) is 12.2. The molecular formula is C28H27F2N3O4S2. The minimum Gasteiger partial charge on any atom is -0.612 e. The second-order valence-corrected chi connectivity index (χ2v) is 12.7. The van der Waals surface area contributed by atoms with Crippen molar-refractivity contribution >= 4 is 49.0 Å². The summed E-state index contributed by atoms with van der Waals surface area (Å²) in [6.45, 7) is 4.08. The van der Waals surface area contributed by atoms with Crippen LogP contribution in [-0.4, -0.2) is 56.8 Å². The van der Waals surface area contributed by atoms with Gasteiger partial charge in [-0.1, -0.05) is 12.1 Å². The SMILES string of the molecule is Cc1c(-c2ccccc2[S+](C)[O-])nc2cc(F)cc(F)c2c1Nc1cc(N2CCOCC2)ccc1S(C)(=O)=O. The first-order valence-corrected chi connectivity index (χ1v) is 15.7. The Hall–Kier alpha value is -3.25. The van der Waals surface area contributed by atoms with Crippen molar-refractivity contribution in [2.75, 3.05) is 49.0 Å². The molecule has 0 bridgehead atoms. The van der Waals surface area contributed by atoms with Crippen LogP contribution >= 0.6 is 0 Å². The van der Waals surface area contributed by atoms with Crippen molar-refractivity contribution in [3.63, 3.8) is 0 Å². The van der Waals surface area contributed by atoms with Crippen LogP contribution in [0.1, 0.15) is 5.56 Å². The van der Waals surface area contributed by atoms with Gasteiger partial charge in [0.2, 0.25) is 0 Å². The number of nitrogens with one attached hydrogen (secondary N) is 1. The molecule has 1 fully saturated rings. The number of aromatic nitrogens is 1. The Balaban J connectivity index is 1.76. The van der Waals surface area contributed by atoms with Crippen molar-refractivity contribution in [1.82, 2.24) is 4.98 Å². The summed E-state index contributed by atoms with van der Waals surface area (Å²) in [6.07, 6.45) is 2.65. The van der Waals surface area contributed by atoms with E-state index >= 15 is 4.39 Å². The molecular weight excluding hydrogens is 544 g/mol. The number of halogens is 2. The summed E-state index contributed by atoms with van der Waals surface area (Å²) in [5.74, 6) is -1.64. The lowest BCUT2D eigenvalue weighted by Crippen LogP contribution is -2.36. The lowest BCUT2D eigenvalue weighted by atomic mass is 10.0. The number of anilines is 3. The zero-order chi connectivity index (χ0) is 27.9. The summed E-state index contributed by atoms with van der Waals surface area (Å²) >= 11 is -1.36. The molecule has 1 aromatic heterocycles. The molecule has 4 aromatic rings. The van der Waals surface area contributed by atoms with E-state index in [0.717, 1.165) is 24.1 Å². The van der Waals surface area contributed by atoms with Crippen molar-refractivity contribution in [3.05, 3.63) is 71.8 Å². The van der Waals surface area contributed by atoms with Crippen molar-refractivity contribution < 1.29 is 26.5 Å². The fraction of sp³-hybridized carbons (Fsp3) is 0.250. The minimum absolute atomic E-state index is 0.0176. The Bertz CT molecular complexity index is 1670. The van der Waals surface area contributed by atoms with Gasteiger partial charge >= 0.3 is 0 Å². The van der Waals surface area contributed by atoms with Crippen molar-refractivity contribution in [2.45, 2.75) is 16.7 Å². The van der Waals surface area contributed by atoms with Gasteiger partial charge in [0.15, 0.2) is 14.7 Å². The molecule has 1 saturated heterocycles. The van der Waals surface area contributed by atoms with Gasteiger partial charge in [-0.3, -0.25) is 0 Å². The number of nitrogens with zero attached hydrogens (tertiary/aromatic N) is 2. The number of sulfone groups is 1. The highest BCUT2D eigenvalue weighted by atomic mass is 32.2. The molecule has 11 heteroatoms. The minimum atomic E-state index is -3.68. The summed E-state index contributed by atoms with van der Waals surface area (Å²) in [5.41, 5.74) is 2.73. The number of hydrogen-bond donors (Lipinski definition) is 1. The number of fused-ring (bicyclic) bond motifs is 1. The molecule has 1 N–H and O–H groups in total. The molecule has 1 unspecified atom stereocenters. The van der Waals surface area contributed by atoms with Gasteiger partial charge in [-0.2, -0.15) is 0 Å². The zero-order valence-corrected chi connectivity index (χ0v) is 23.3. The van der Waals surface area contributed by atoms with E-state index in [2.05, 4.69) is 15.2 Å². The summed E-state index contributed by atoms with van der Waals surface area (Å²) in [5, 5.41) is 3.19. The van der Waals surface area contributed by atoms with E-state index in [1.807, 2.05) is 0 Å². The highest BCUT2D eigenvalue weighted by Crippen LogP contribution is 2.40. The number of hydrogen-bond acceptors (Lipinski definition) is 7. The number of rotatable bonds is 6. The summed E-state index contributed by atoms with van der Waals surface area (Å²) < 4.78 is 73.1. The van der Waals surface area contributed by atoms with E-state index in [-0.39, 0.29) is 27.2 Å². The van der Waals surface area contributed by atoms with Crippen molar-refractivity contribution in [3.8, 4) is 11.3 Å². The van der Waals surface area contributed by atoms with Crippen LogP contribution in [0.5, 0.6) is 0 Å². The third-order valence-electron chi connectivity index (χ3n) is 6.70. The van der Waals surface area contributed by atoms with Crippen LogP contribution < -0.4 is 10.2 Å². The predicted molar refractivity (Wildman–Crippen MR) is 150 cm³/mol. The van der Waals surface area contributed by atoms with Crippen LogP contribution in [0.3, 0.4) is 0 Å². The van der Waals surface area contributed by atoms with E-state index < -0.39 is 32.6 Å². The van der Waals surface area contributed by atoms with Crippen LogP contribution in [0.25, 0.3) is 22.2 Å². The van der Waals surface area contributed by atoms with Crippen LogP contribution in [0, 0.1) is 18.6 Å². The predicted octanol–water partition coefficient (Wildman–Crippen LogP) is 5.21. The Kier molecular flexibility index (Phi) is 7.51. The van der Waals surface area contributed by atoms with Crippen LogP contribution in [0.15, 0.2) is 64.4 Å². The lowest BCUT2D eigenvalue weighted by Gasteiger charge is -2.29. The van der Waals surface area contributed by atoms with Gasteiger partial charge in [0.1, 0.15) is 17.9 Å². The maximum atomic E-state index is 15.3. The molecule has 1 aliphatic rings. The molecule has 0 radical (unpaired) electrons. The van der Waals surface area contributed by atoms with E-state index in [4.69, 9.17) is 4.74 Å². The molecule has 1 aliphatic heterocycles. The first kappa shape index (κ1) is 27.3. The maximum absolute atomic E-state index is 15.3. The molecule has 2 heterocycles. The highest BCUT2D eigenvalue weighted by Gasteiger charge is 2.24. The third-order valence-corrected chi connectivity index (χ3v) is 8.83. The van der Waals surface area contributed by atoms with Crippen LogP contribution in [0.2, 0.25) is 0 Å². The molecule has 0 spiro atoms. The standard InChI is InChI=1S/C28H27F2N3O4S2/c1-17-27(20-6-4-5-7-24(20)38(2)34)32-23-15-18(29)14-21(30)26(23)28(17)31-22-16-19(33-10-12-37-13-11-33)8-9-25(22)39(3,35)36/h4-9,14-16H,10-13H2,1-3H3,(H,31,32). The Labute approximate surface area is 228 Å². The fourth-order valence-electron chi connectivity index (χ4n) is 4.83. The maximum Gasteiger partial charge on any atom is 0.177 e. The quantitative estimate of drug-likeness (QED) is 0.318. The molecule has 204 valence electrons. The summed E-state index contributed by atoms with van der Waals surface area (Å²) in [6, 6.07) is 13.8. The highest BCUT2D eigenvalue weighted by molar-refractivity contribution is 7.91. The van der Waals surface area contributed by atoms with Gasteiger partial charge < -0.3 is 19.5 Å². The molecule has 39 heavy (non-hydrogen) atoms. The van der Waals surface area contributed by atoms with E-state index in [0.29, 0.717) is 48.0 Å². The van der Waals surface area contributed by atoms with Crippen molar-refractivity contribution in [1.29, 1.82) is 0 Å². The fourth-order valence-corrected chi connectivity index (χ4v) is 6.40. The summed E-state index contributed by atoms with van der Waals surface area (Å²) in [7, 11) is -3.68. The van der Waals surface area contributed by atoms with Crippen molar-refractivity contribution in [2.24, 2.45) is 0 Å². The molecule has 0 aliphatic carbocycles. The topological polar surface area (TPSA) is 94.6 Å². The van der Waals surface area contributed by atoms with Gasteiger partial charge in [-0.05, 0) is 54.0 Å². The van der Waals surface area contributed by atoms with Gasteiger partial charge in [0.25, 0.3) is 0 Å². The number of benzene rings is 3. The average molecular weight is 572 g/mol. The largest absolute Gasteiger partial charge is 0.612 e. The molecule has 3 aromatic carbocycles. The average Bonchev–Trinajstić information content (AvgIpc) is 2.89. The molecule has 5 rings (SSSR count). The molecule has 1 atom stereocenters. The Morgan fingerprint density at radius 3 is 2.49 bits per heavy atom. The van der Waals surface area contributed by atoms with E-state index in [1.54, 1.807) is 49.6 Å². The second-order valence-electron chi connectivity index (χ2n) is 9.37. The molecule has 0 amide bonds. The Morgan fingerprint density at radius 2 is 1.79 bits per heavy atom. The second kappa shape index (κ2) is 10.7.